The van der Waals surface area contributed by atoms with E-state index >= 15 is 0 Å². The van der Waals surface area contributed by atoms with Gasteiger partial charge in [-0.25, -0.2) is 4.98 Å². The van der Waals surface area contributed by atoms with Crippen LogP contribution in [0.4, 0.5) is 5.82 Å². The number of nitrogens with one attached hydrogen (secondary N) is 1. The van der Waals surface area contributed by atoms with Crippen molar-refractivity contribution in [3.8, 4) is 0 Å². The van der Waals surface area contributed by atoms with E-state index in [4.69, 9.17) is 0 Å². The summed E-state index contributed by atoms with van der Waals surface area (Å²) in [5.41, 5.74) is 4.06. The van der Waals surface area contributed by atoms with Gasteiger partial charge in [0.05, 0.1) is 5.69 Å². The van der Waals surface area contributed by atoms with E-state index in [9.17, 15) is 0 Å². The minimum absolute atomic E-state index is 0.833. The third-order valence-electron chi connectivity index (χ3n) is 3.33. The molecule has 0 aliphatic heterocycles. The molecule has 6 nitrogen and oxygen atoms in total. The summed E-state index contributed by atoms with van der Waals surface area (Å²) in [4.78, 5) is 4.57. The number of nitrogens with zero attached hydrogens (tertiary/aromatic N) is 5. The van der Waals surface area contributed by atoms with Crippen LogP contribution in [0.15, 0.2) is 10.4 Å². The van der Waals surface area contributed by atoms with Crippen LogP contribution in [0.2, 0.25) is 0 Å². The highest BCUT2D eigenvalue weighted by Crippen LogP contribution is 2.22. The molecule has 1 N–H and O–H groups in total. The summed E-state index contributed by atoms with van der Waals surface area (Å²) in [5, 5.41) is 17.1. The van der Waals surface area contributed by atoms with Gasteiger partial charge in [0, 0.05) is 29.6 Å². The third kappa shape index (κ3) is 3.07. The first-order valence-corrected chi connectivity index (χ1v) is 8.85. The summed E-state index contributed by atoms with van der Waals surface area (Å²) in [7, 11) is 0. The van der Waals surface area contributed by atoms with Gasteiger partial charge in [-0.3, -0.25) is 0 Å². The average Bonchev–Trinajstić information content (AvgIpc) is 3.01. The van der Waals surface area contributed by atoms with E-state index in [1.165, 1.54) is 0 Å². The lowest BCUT2D eigenvalue weighted by atomic mass is 10.3. The largest absolute Gasteiger partial charge is 0.369 e. The molecule has 0 aliphatic rings. The number of rotatable bonds is 5. The zero-order valence-corrected chi connectivity index (χ0v) is 14.7. The number of thioether (sulfide) groups is 1. The molecule has 116 valence electrons. The molecule has 0 saturated carbocycles. The molecule has 0 amide bonds. The van der Waals surface area contributed by atoms with Gasteiger partial charge < -0.3 is 5.32 Å². The van der Waals surface area contributed by atoms with E-state index in [-0.39, 0.29) is 0 Å². The minimum atomic E-state index is 0.833. The molecule has 0 unspecified atom stereocenters. The summed E-state index contributed by atoms with van der Waals surface area (Å²) in [6.07, 6.45) is 0. The maximum Gasteiger partial charge on any atom is 0.174 e. The van der Waals surface area contributed by atoms with Gasteiger partial charge in [0.15, 0.2) is 9.99 Å². The first-order valence-electron chi connectivity index (χ1n) is 7.05. The molecule has 0 fully saturated rings. The zero-order chi connectivity index (χ0) is 15.7. The summed E-state index contributed by atoms with van der Waals surface area (Å²) in [6, 6.07) is 2.03. The fourth-order valence-corrected chi connectivity index (χ4v) is 3.87. The monoisotopic (exact) mass is 334 g/mol. The van der Waals surface area contributed by atoms with Gasteiger partial charge in [-0.1, -0.05) is 23.1 Å². The van der Waals surface area contributed by atoms with Gasteiger partial charge in [-0.05, 0) is 27.7 Å². The molecular weight excluding hydrogens is 316 g/mol. The Balaban J connectivity index is 1.69. The predicted octanol–water partition coefficient (Wildman–Crippen LogP) is 3.02. The van der Waals surface area contributed by atoms with Crippen LogP contribution in [0.5, 0.6) is 0 Å². The van der Waals surface area contributed by atoms with Gasteiger partial charge in [-0.2, -0.15) is 9.61 Å². The first-order chi connectivity index (χ1) is 10.5. The average molecular weight is 334 g/mol. The van der Waals surface area contributed by atoms with Crippen molar-refractivity contribution in [1.82, 2.24) is 24.8 Å². The lowest BCUT2D eigenvalue weighted by molar-refractivity contribution is 0.905. The van der Waals surface area contributed by atoms with Gasteiger partial charge in [0.25, 0.3) is 0 Å². The number of hydrogen-bond acceptors (Lipinski definition) is 7. The maximum absolute atomic E-state index is 4.57. The molecule has 0 aliphatic carbocycles. The quantitative estimate of drug-likeness (QED) is 0.571. The summed E-state index contributed by atoms with van der Waals surface area (Å²) in [6.45, 7) is 8.88. The Labute approximate surface area is 137 Å². The minimum Gasteiger partial charge on any atom is -0.369 e. The Hall–Kier alpha value is -1.67. The molecule has 0 radical (unpaired) electrons. The molecule has 0 atom stereocenters. The van der Waals surface area contributed by atoms with Crippen LogP contribution >= 0.6 is 23.1 Å². The van der Waals surface area contributed by atoms with Gasteiger partial charge in [-0.15, -0.1) is 10.2 Å². The SMILES string of the molecule is Cc1cc(NCCSc2nnc(C)s2)n2nc(C)c(C)c2n1. The maximum atomic E-state index is 4.57. The summed E-state index contributed by atoms with van der Waals surface area (Å²) >= 11 is 3.35. The van der Waals surface area contributed by atoms with Crippen molar-refractivity contribution >= 4 is 34.6 Å². The highest BCUT2D eigenvalue weighted by atomic mass is 32.2. The van der Waals surface area contributed by atoms with Gasteiger partial charge in [0.2, 0.25) is 0 Å². The Kier molecular flexibility index (Phi) is 4.30. The Morgan fingerprint density at radius 2 is 2.05 bits per heavy atom. The normalized spacial score (nSPS) is 11.3. The van der Waals surface area contributed by atoms with Crippen molar-refractivity contribution in [2.45, 2.75) is 32.0 Å². The van der Waals surface area contributed by atoms with E-state index in [1.807, 2.05) is 31.4 Å². The van der Waals surface area contributed by atoms with E-state index in [1.54, 1.807) is 23.1 Å². The summed E-state index contributed by atoms with van der Waals surface area (Å²) in [5.74, 6) is 1.91. The molecule has 3 aromatic heterocycles. The van der Waals surface area contributed by atoms with Crippen LogP contribution in [-0.4, -0.2) is 37.1 Å². The third-order valence-corrected chi connectivity index (χ3v) is 5.30. The van der Waals surface area contributed by atoms with Crippen molar-refractivity contribution in [3.05, 3.63) is 28.0 Å². The number of aryl methyl sites for hydroxylation is 4. The fourth-order valence-electron chi connectivity index (χ4n) is 2.13. The van der Waals surface area contributed by atoms with Crippen molar-refractivity contribution in [2.24, 2.45) is 0 Å². The fraction of sp³-hybridized carbons (Fsp3) is 0.429. The van der Waals surface area contributed by atoms with Crippen LogP contribution in [-0.2, 0) is 0 Å². The second-order valence-corrected chi connectivity index (χ2v) is 7.61. The van der Waals surface area contributed by atoms with Crippen LogP contribution in [0, 0.1) is 27.7 Å². The van der Waals surface area contributed by atoms with Crippen molar-refractivity contribution in [1.29, 1.82) is 0 Å². The Morgan fingerprint density at radius 3 is 2.77 bits per heavy atom. The molecule has 0 bridgehead atoms. The van der Waals surface area contributed by atoms with Crippen molar-refractivity contribution in [2.75, 3.05) is 17.6 Å². The van der Waals surface area contributed by atoms with E-state index in [2.05, 4.69) is 32.5 Å². The first kappa shape index (κ1) is 15.2. The number of hydrogen-bond donors (Lipinski definition) is 1. The second-order valence-electron chi connectivity index (χ2n) is 5.09. The highest BCUT2D eigenvalue weighted by Gasteiger charge is 2.10. The molecule has 0 aromatic carbocycles. The van der Waals surface area contributed by atoms with Crippen LogP contribution < -0.4 is 5.32 Å². The smallest absolute Gasteiger partial charge is 0.174 e. The number of fused-ring (bicyclic) bond motifs is 1. The molecule has 22 heavy (non-hydrogen) atoms. The molecule has 0 saturated heterocycles. The predicted molar refractivity (Wildman–Crippen MR) is 91.1 cm³/mol. The van der Waals surface area contributed by atoms with E-state index < -0.39 is 0 Å². The lowest BCUT2D eigenvalue weighted by Gasteiger charge is -2.08. The van der Waals surface area contributed by atoms with Crippen LogP contribution in [0.1, 0.15) is 22.0 Å². The van der Waals surface area contributed by atoms with Gasteiger partial charge in [0.1, 0.15) is 10.8 Å². The molecule has 0 spiro atoms. The van der Waals surface area contributed by atoms with Gasteiger partial charge >= 0.3 is 0 Å². The molecule has 8 heteroatoms. The second kappa shape index (κ2) is 6.21. The lowest BCUT2D eigenvalue weighted by Crippen LogP contribution is -2.09. The molecule has 3 aromatic rings. The molecular formula is C14H18N6S2. The number of anilines is 1. The van der Waals surface area contributed by atoms with Crippen LogP contribution in [0.25, 0.3) is 5.65 Å². The number of aromatic nitrogens is 5. The Bertz CT molecular complexity index is 807. The standard InChI is InChI=1S/C14H18N6S2/c1-8-7-12(20-13(16-8)9(2)10(3)19-20)15-5-6-21-14-18-17-11(4)22-14/h7,15H,5-6H2,1-4H3. The topological polar surface area (TPSA) is 68.0 Å². The van der Waals surface area contributed by atoms with Crippen molar-refractivity contribution < 1.29 is 0 Å². The van der Waals surface area contributed by atoms with E-state index in [0.717, 1.165) is 50.1 Å². The van der Waals surface area contributed by atoms with E-state index in [0.29, 0.717) is 0 Å². The van der Waals surface area contributed by atoms with Crippen molar-refractivity contribution in [3.63, 3.8) is 0 Å². The molecule has 3 rings (SSSR count). The highest BCUT2D eigenvalue weighted by molar-refractivity contribution is 8.01. The zero-order valence-electron chi connectivity index (χ0n) is 13.0. The summed E-state index contributed by atoms with van der Waals surface area (Å²) < 4.78 is 2.90. The van der Waals surface area contributed by atoms with Crippen LogP contribution in [0.3, 0.4) is 0 Å². The molecule has 3 heterocycles. The Morgan fingerprint density at radius 1 is 1.23 bits per heavy atom.